The highest BCUT2D eigenvalue weighted by Gasteiger charge is 2.36. The van der Waals surface area contributed by atoms with Crippen LogP contribution in [0, 0.1) is 5.41 Å². The Morgan fingerprint density at radius 1 is 0.864 bits per heavy atom. The zero-order valence-corrected chi connectivity index (χ0v) is 13.5. The average molecular weight is 290 g/mol. The van der Waals surface area contributed by atoms with Crippen molar-refractivity contribution in [2.45, 2.75) is 39.9 Å². The van der Waals surface area contributed by atoms with Gasteiger partial charge in [0, 0.05) is 6.42 Å². The van der Waals surface area contributed by atoms with Crippen molar-refractivity contribution in [2.24, 2.45) is 5.41 Å². The third-order valence-electron chi connectivity index (χ3n) is 4.78. The molecule has 1 nitrogen and oxygen atoms in total. The van der Waals surface area contributed by atoms with E-state index in [1.807, 2.05) is 0 Å². The van der Waals surface area contributed by atoms with Gasteiger partial charge in [-0.05, 0) is 38.8 Å². The maximum absolute atomic E-state index is 6.23. The fourth-order valence-corrected chi connectivity index (χ4v) is 3.91. The summed E-state index contributed by atoms with van der Waals surface area (Å²) in [7, 11) is 0. The number of ether oxygens (including phenoxy) is 1. The lowest BCUT2D eigenvalue weighted by Gasteiger charge is -2.39. The Hall–Kier alpha value is -1.86. The van der Waals surface area contributed by atoms with E-state index in [-0.39, 0.29) is 11.5 Å². The van der Waals surface area contributed by atoms with Crippen LogP contribution in [-0.4, -0.2) is 6.10 Å². The van der Waals surface area contributed by atoms with Gasteiger partial charge in [0.05, 0.1) is 12.7 Å². The van der Waals surface area contributed by atoms with Crippen LogP contribution in [-0.2, 0) is 17.8 Å². The zero-order chi connectivity index (χ0) is 15.3. The van der Waals surface area contributed by atoms with E-state index in [1.54, 1.807) is 0 Å². The van der Waals surface area contributed by atoms with E-state index in [0.717, 1.165) is 13.0 Å². The van der Waals surface area contributed by atoms with Crippen molar-refractivity contribution in [1.29, 1.82) is 0 Å². The first-order chi connectivity index (χ1) is 10.6. The molecular weight excluding hydrogens is 268 g/mol. The Balaban J connectivity index is 2.06. The van der Waals surface area contributed by atoms with Gasteiger partial charge in [0.2, 0.25) is 0 Å². The molecule has 4 rings (SSSR count). The summed E-state index contributed by atoms with van der Waals surface area (Å²) in [5.74, 6) is 0. The molecule has 1 aliphatic carbocycles. The van der Waals surface area contributed by atoms with Crippen molar-refractivity contribution >= 4 is 11.1 Å². The topological polar surface area (TPSA) is 9.23 Å². The molecule has 1 heterocycles. The Labute approximate surface area is 132 Å². The number of fused-ring (bicyclic) bond motifs is 4. The summed E-state index contributed by atoms with van der Waals surface area (Å²) >= 11 is 0. The lowest BCUT2D eigenvalue weighted by molar-refractivity contribution is 0.0705. The van der Waals surface area contributed by atoms with Gasteiger partial charge < -0.3 is 4.74 Å². The molecule has 1 unspecified atom stereocenters. The molecule has 0 aromatic heterocycles. The average Bonchev–Trinajstić information content (AvgIpc) is 2.51. The molecule has 0 amide bonds. The maximum Gasteiger partial charge on any atom is 0.0879 e. The van der Waals surface area contributed by atoms with Crippen LogP contribution in [0.2, 0.25) is 0 Å². The maximum atomic E-state index is 6.23. The van der Waals surface area contributed by atoms with Gasteiger partial charge in [0.15, 0.2) is 0 Å². The lowest BCUT2D eigenvalue weighted by atomic mass is 9.70. The second-order valence-corrected chi connectivity index (χ2v) is 7.36. The van der Waals surface area contributed by atoms with Gasteiger partial charge in [-0.3, -0.25) is 0 Å². The monoisotopic (exact) mass is 290 g/mol. The predicted octanol–water partition coefficient (Wildman–Crippen LogP) is 5.10. The predicted molar refractivity (Wildman–Crippen MR) is 91.4 cm³/mol. The third kappa shape index (κ3) is 2.04. The second-order valence-electron chi connectivity index (χ2n) is 7.36. The van der Waals surface area contributed by atoms with E-state index in [1.165, 1.54) is 33.4 Å². The largest absolute Gasteiger partial charge is 0.368 e. The van der Waals surface area contributed by atoms with Crippen molar-refractivity contribution in [3.8, 4) is 0 Å². The zero-order valence-electron chi connectivity index (χ0n) is 13.5. The number of benzene rings is 2. The molecule has 0 saturated carbocycles. The molecule has 1 aliphatic heterocycles. The van der Waals surface area contributed by atoms with Gasteiger partial charge in [-0.2, -0.15) is 0 Å². The van der Waals surface area contributed by atoms with E-state index < -0.39 is 0 Å². The van der Waals surface area contributed by atoms with Gasteiger partial charge in [-0.15, -0.1) is 0 Å². The van der Waals surface area contributed by atoms with Crippen molar-refractivity contribution in [3.05, 3.63) is 70.8 Å². The van der Waals surface area contributed by atoms with E-state index >= 15 is 0 Å². The minimum atomic E-state index is 0.0952. The van der Waals surface area contributed by atoms with Crippen LogP contribution in [0.5, 0.6) is 0 Å². The quantitative estimate of drug-likeness (QED) is 0.656. The van der Waals surface area contributed by atoms with Crippen molar-refractivity contribution in [3.63, 3.8) is 0 Å². The molecular formula is C21H22O. The molecule has 0 saturated heterocycles. The van der Waals surface area contributed by atoms with Crippen molar-refractivity contribution in [1.82, 2.24) is 0 Å². The molecule has 0 bridgehead atoms. The second kappa shape index (κ2) is 4.82. The Morgan fingerprint density at radius 3 is 2.23 bits per heavy atom. The van der Waals surface area contributed by atoms with E-state index in [2.05, 4.69) is 69.3 Å². The molecule has 0 radical (unpaired) electrons. The van der Waals surface area contributed by atoms with Gasteiger partial charge in [-0.1, -0.05) is 69.3 Å². The first kappa shape index (κ1) is 13.8. The third-order valence-corrected chi connectivity index (χ3v) is 4.78. The summed E-state index contributed by atoms with van der Waals surface area (Å²) in [5.41, 5.74) is 8.48. The van der Waals surface area contributed by atoms with Crippen LogP contribution in [0.25, 0.3) is 11.1 Å². The van der Waals surface area contributed by atoms with E-state index in [4.69, 9.17) is 4.74 Å². The first-order valence-electron chi connectivity index (χ1n) is 8.08. The summed E-state index contributed by atoms with van der Waals surface area (Å²) < 4.78 is 6.23. The number of hydrogen-bond acceptors (Lipinski definition) is 1. The van der Waals surface area contributed by atoms with Gasteiger partial charge in [0.1, 0.15) is 0 Å². The number of allylic oxidation sites excluding steroid dienone is 1. The summed E-state index contributed by atoms with van der Waals surface area (Å²) in [6.07, 6.45) is 1.18. The molecule has 2 aromatic rings. The van der Waals surface area contributed by atoms with E-state index in [9.17, 15) is 0 Å². The summed E-state index contributed by atoms with van der Waals surface area (Å²) in [5, 5.41) is 0. The number of hydrogen-bond donors (Lipinski definition) is 0. The van der Waals surface area contributed by atoms with Gasteiger partial charge in [-0.25, -0.2) is 0 Å². The summed E-state index contributed by atoms with van der Waals surface area (Å²) in [4.78, 5) is 0. The highest BCUT2D eigenvalue weighted by atomic mass is 16.5. The highest BCUT2D eigenvalue weighted by Crippen LogP contribution is 2.49. The number of rotatable bonds is 0. The molecule has 2 aliphatic rings. The molecule has 0 spiro atoms. The molecule has 2 aromatic carbocycles. The normalized spacial score (nSPS) is 20.2. The Kier molecular flexibility index (Phi) is 3.02. The molecule has 0 N–H and O–H groups in total. The Bertz CT molecular complexity index is 761. The fourth-order valence-electron chi connectivity index (χ4n) is 3.91. The molecule has 112 valence electrons. The minimum absolute atomic E-state index is 0.0952. The Morgan fingerprint density at radius 2 is 1.50 bits per heavy atom. The van der Waals surface area contributed by atoms with Crippen LogP contribution in [0.1, 0.15) is 43.0 Å². The van der Waals surface area contributed by atoms with E-state index in [0.29, 0.717) is 0 Å². The standard InChI is InChI=1S/C21H22O/c1-21(2,3)20-17-11-7-4-8-14(17)12-18-19(20)16-10-6-5-9-15(16)13-22-18/h4-11,18H,12-13H2,1-3H3. The smallest absolute Gasteiger partial charge is 0.0879 e. The molecule has 22 heavy (non-hydrogen) atoms. The van der Waals surface area contributed by atoms with Crippen molar-refractivity contribution < 1.29 is 4.74 Å². The molecule has 0 fully saturated rings. The SMILES string of the molecule is CC(C)(C)C1=C2c3ccccc3COC2Cc2ccccc21. The van der Waals surface area contributed by atoms with Crippen LogP contribution in [0.3, 0.4) is 0 Å². The van der Waals surface area contributed by atoms with Crippen LogP contribution >= 0.6 is 0 Å². The first-order valence-corrected chi connectivity index (χ1v) is 8.08. The molecule has 1 heteroatoms. The molecule has 1 atom stereocenters. The van der Waals surface area contributed by atoms with Crippen LogP contribution in [0.15, 0.2) is 48.5 Å². The lowest BCUT2D eigenvalue weighted by Crippen LogP contribution is -2.30. The van der Waals surface area contributed by atoms with Gasteiger partial charge >= 0.3 is 0 Å². The van der Waals surface area contributed by atoms with Crippen LogP contribution in [0.4, 0.5) is 0 Å². The minimum Gasteiger partial charge on any atom is -0.368 e. The summed E-state index contributed by atoms with van der Waals surface area (Å²) in [6.45, 7) is 7.66. The van der Waals surface area contributed by atoms with Crippen molar-refractivity contribution in [2.75, 3.05) is 0 Å². The highest BCUT2D eigenvalue weighted by molar-refractivity contribution is 5.98. The van der Waals surface area contributed by atoms with Gasteiger partial charge in [0.25, 0.3) is 0 Å². The fraction of sp³-hybridized carbons (Fsp3) is 0.333. The van der Waals surface area contributed by atoms with Crippen LogP contribution < -0.4 is 0 Å². The summed E-state index contributed by atoms with van der Waals surface area (Å²) in [6, 6.07) is 17.5.